The van der Waals surface area contributed by atoms with E-state index in [1.165, 1.54) is 12.1 Å². The number of nitrogens with zero attached hydrogens (tertiary/aromatic N) is 1. The summed E-state index contributed by atoms with van der Waals surface area (Å²) >= 11 is 0. The molecule has 10 nitrogen and oxygen atoms in total. The van der Waals surface area contributed by atoms with Crippen LogP contribution in [0.25, 0.3) is 0 Å². The van der Waals surface area contributed by atoms with E-state index in [0.717, 1.165) is 11.3 Å². The molecule has 1 aromatic carbocycles. The van der Waals surface area contributed by atoms with Crippen LogP contribution < -0.4 is 21.7 Å². The second-order valence-corrected chi connectivity index (χ2v) is 9.54. The fourth-order valence-corrected chi connectivity index (χ4v) is 5.00. The molecule has 1 spiro atoms. The molecule has 1 heterocycles. The normalized spacial score (nSPS) is 24.2. The van der Waals surface area contributed by atoms with Gasteiger partial charge in [-0.3, -0.25) is 24.1 Å². The van der Waals surface area contributed by atoms with E-state index in [0.29, 0.717) is 18.5 Å². The molecule has 1 saturated heterocycles. The SMILES string of the molecule is CC1CC(C)(C)CC2(C1)NC(=O)N(CC(=O)Nc1cccc(C(=O)NCC(N)=O)c1)C2=O. The van der Waals surface area contributed by atoms with E-state index < -0.39 is 35.8 Å². The molecule has 1 aliphatic carbocycles. The highest BCUT2D eigenvalue weighted by molar-refractivity contribution is 6.10. The summed E-state index contributed by atoms with van der Waals surface area (Å²) in [5, 5.41) is 7.80. The van der Waals surface area contributed by atoms with Gasteiger partial charge in [-0.25, -0.2) is 4.79 Å². The Bertz CT molecular complexity index is 975. The third-order valence-corrected chi connectivity index (χ3v) is 5.76. The Morgan fingerprint density at radius 3 is 2.59 bits per heavy atom. The minimum Gasteiger partial charge on any atom is -0.368 e. The van der Waals surface area contributed by atoms with E-state index >= 15 is 0 Å². The Morgan fingerprint density at radius 2 is 1.94 bits per heavy atom. The van der Waals surface area contributed by atoms with Crippen molar-refractivity contribution < 1.29 is 24.0 Å². The predicted molar refractivity (Wildman–Crippen MR) is 116 cm³/mol. The van der Waals surface area contributed by atoms with Gasteiger partial charge in [-0.15, -0.1) is 0 Å². The summed E-state index contributed by atoms with van der Waals surface area (Å²) in [5.41, 5.74) is 4.47. The average Bonchev–Trinajstić information content (AvgIpc) is 2.87. The number of imide groups is 1. The number of benzene rings is 1. The number of carbonyl (C=O) groups is 5. The van der Waals surface area contributed by atoms with Crippen molar-refractivity contribution in [1.29, 1.82) is 0 Å². The summed E-state index contributed by atoms with van der Waals surface area (Å²) in [4.78, 5) is 62.1. The maximum absolute atomic E-state index is 13.2. The Kier molecular flexibility index (Phi) is 6.25. The van der Waals surface area contributed by atoms with Crippen LogP contribution in [0.2, 0.25) is 0 Å². The first-order chi connectivity index (χ1) is 14.9. The second kappa shape index (κ2) is 8.60. The second-order valence-electron chi connectivity index (χ2n) is 9.54. The number of hydrogen-bond acceptors (Lipinski definition) is 5. The van der Waals surface area contributed by atoms with Crippen molar-refractivity contribution in [2.75, 3.05) is 18.4 Å². The third kappa shape index (κ3) is 5.06. The summed E-state index contributed by atoms with van der Waals surface area (Å²) in [5.74, 6) is -1.88. The average molecular weight is 444 g/mol. The molecule has 10 heteroatoms. The van der Waals surface area contributed by atoms with Crippen LogP contribution in [0.15, 0.2) is 24.3 Å². The van der Waals surface area contributed by atoms with Crippen LogP contribution in [-0.4, -0.2) is 53.2 Å². The first kappa shape index (κ1) is 23.2. The molecule has 3 rings (SSSR count). The zero-order valence-electron chi connectivity index (χ0n) is 18.5. The van der Waals surface area contributed by atoms with Crippen molar-refractivity contribution in [2.45, 2.75) is 45.6 Å². The topological polar surface area (TPSA) is 151 Å². The van der Waals surface area contributed by atoms with Crippen LogP contribution in [0, 0.1) is 11.3 Å². The van der Waals surface area contributed by atoms with Crippen molar-refractivity contribution in [1.82, 2.24) is 15.5 Å². The Hall–Kier alpha value is -3.43. The number of anilines is 1. The van der Waals surface area contributed by atoms with Gasteiger partial charge >= 0.3 is 6.03 Å². The molecule has 0 bridgehead atoms. The Labute approximate surface area is 186 Å². The van der Waals surface area contributed by atoms with E-state index in [2.05, 4.69) is 36.7 Å². The predicted octanol–water partition coefficient (Wildman–Crippen LogP) is 0.977. The molecule has 2 atom stereocenters. The highest BCUT2D eigenvalue weighted by Crippen LogP contribution is 2.46. The first-order valence-corrected chi connectivity index (χ1v) is 10.5. The molecule has 5 N–H and O–H groups in total. The van der Waals surface area contributed by atoms with Crippen LogP contribution in [0.5, 0.6) is 0 Å². The lowest BCUT2D eigenvalue weighted by molar-refractivity contribution is -0.136. The van der Waals surface area contributed by atoms with Gasteiger partial charge in [0, 0.05) is 11.3 Å². The lowest BCUT2D eigenvalue weighted by Crippen LogP contribution is -2.54. The lowest BCUT2D eigenvalue weighted by atomic mass is 9.64. The van der Waals surface area contributed by atoms with Crippen molar-refractivity contribution in [2.24, 2.45) is 17.1 Å². The third-order valence-electron chi connectivity index (χ3n) is 5.76. The summed E-state index contributed by atoms with van der Waals surface area (Å²) in [6, 6.07) is 5.49. The van der Waals surface area contributed by atoms with E-state index in [9.17, 15) is 24.0 Å². The Morgan fingerprint density at radius 1 is 1.22 bits per heavy atom. The number of nitrogens with two attached hydrogens (primary N) is 1. The fraction of sp³-hybridized carbons (Fsp3) is 0.500. The van der Waals surface area contributed by atoms with Gasteiger partial charge in [-0.2, -0.15) is 0 Å². The number of nitrogens with one attached hydrogen (secondary N) is 3. The van der Waals surface area contributed by atoms with Crippen LogP contribution in [-0.2, 0) is 14.4 Å². The van der Waals surface area contributed by atoms with Crippen molar-refractivity contribution in [3.05, 3.63) is 29.8 Å². The van der Waals surface area contributed by atoms with Gasteiger partial charge < -0.3 is 21.7 Å². The molecule has 32 heavy (non-hydrogen) atoms. The van der Waals surface area contributed by atoms with Gasteiger partial charge in [0.2, 0.25) is 11.8 Å². The quantitative estimate of drug-likeness (QED) is 0.483. The van der Waals surface area contributed by atoms with Crippen LogP contribution in [0.1, 0.15) is 50.4 Å². The molecule has 2 unspecified atom stereocenters. The van der Waals surface area contributed by atoms with Gasteiger partial charge in [0.1, 0.15) is 12.1 Å². The van der Waals surface area contributed by atoms with Gasteiger partial charge in [0.25, 0.3) is 11.8 Å². The number of primary amides is 1. The summed E-state index contributed by atoms with van der Waals surface area (Å²) < 4.78 is 0. The highest BCUT2D eigenvalue weighted by Gasteiger charge is 2.56. The molecule has 1 aromatic rings. The number of urea groups is 1. The minimum absolute atomic E-state index is 0.103. The fourth-order valence-electron chi connectivity index (χ4n) is 5.00. The first-order valence-electron chi connectivity index (χ1n) is 10.5. The number of amides is 6. The van der Waals surface area contributed by atoms with Gasteiger partial charge in [-0.1, -0.05) is 26.8 Å². The van der Waals surface area contributed by atoms with Crippen molar-refractivity contribution in [3.8, 4) is 0 Å². The number of hydrogen-bond donors (Lipinski definition) is 4. The smallest absolute Gasteiger partial charge is 0.325 e. The molecular formula is C22H29N5O5. The molecule has 0 aromatic heterocycles. The van der Waals surface area contributed by atoms with Crippen molar-refractivity contribution in [3.63, 3.8) is 0 Å². The van der Waals surface area contributed by atoms with E-state index in [1.54, 1.807) is 12.1 Å². The zero-order chi connectivity index (χ0) is 23.7. The maximum atomic E-state index is 13.2. The summed E-state index contributed by atoms with van der Waals surface area (Å²) in [6.07, 6.45) is 2.03. The van der Waals surface area contributed by atoms with Crippen LogP contribution in [0.3, 0.4) is 0 Å². The summed E-state index contributed by atoms with van der Waals surface area (Å²) in [7, 11) is 0. The molecule has 2 fully saturated rings. The number of carbonyl (C=O) groups excluding carboxylic acids is 5. The molecule has 6 amide bonds. The Balaban J connectivity index is 1.66. The largest absolute Gasteiger partial charge is 0.368 e. The van der Waals surface area contributed by atoms with Gasteiger partial charge in [0.05, 0.1) is 6.54 Å². The molecule has 2 aliphatic rings. The maximum Gasteiger partial charge on any atom is 0.325 e. The molecule has 1 saturated carbocycles. The van der Waals surface area contributed by atoms with Gasteiger partial charge in [-0.05, 0) is 48.8 Å². The minimum atomic E-state index is -0.975. The van der Waals surface area contributed by atoms with E-state index in [4.69, 9.17) is 5.73 Å². The van der Waals surface area contributed by atoms with Crippen LogP contribution in [0.4, 0.5) is 10.5 Å². The van der Waals surface area contributed by atoms with Crippen molar-refractivity contribution >= 4 is 35.3 Å². The lowest BCUT2D eigenvalue weighted by Gasteiger charge is -2.43. The number of rotatable bonds is 6. The van der Waals surface area contributed by atoms with E-state index in [-0.39, 0.29) is 29.3 Å². The zero-order valence-corrected chi connectivity index (χ0v) is 18.5. The van der Waals surface area contributed by atoms with E-state index in [1.807, 2.05) is 0 Å². The highest BCUT2D eigenvalue weighted by atomic mass is 16.2. The molecular weight excluding hydrogens is 414 g/mol. The van der Waals surface area contributed by atoms with Gasteiger partial charge in [0.15, 0.2) is 0 Å². The van der Waals surface area contributed by atoms with Crippen LogP contribution >= 0.6 is 0 Å². The summed E-state index contributed by atoms with van der Waals surface area (Å²) in [6.45, 7) is 5.47. The standard InChI is InChI=1S/C22H29N5O5/c1-13-8-21(2,3)12-22(9-13)19(31)27(20(32)26-22)11-17(29)25-15-6-4-5-14(7-15)18(30)24-10-16(23)28/h4-7,13H,8-12H2,1-3H3,(H2,23,28)(H,24,30)(H,25,29)(H,26,32). The molecule has 172 valence electrons. The molecule has 0 radical (unpaired) electrons. The monoisotopic (exact) mass is 443 g/mol. The molecule has 1 aliphatic heterocycles.